The molecule has 2 rings (SSSR count). The lowest BCUT2D eigenvalue weighted by molar-refractivity contribution is 0.0414. The Morgan fingerprint density at radius 3 is 2.26 bits per heavy atom. The second kappa shape index (κ2) is 5.70. The molecule has 1 aromatic rings. The smallest absolute Gasteiger partial charge is 0.254 e. The van der Waals surface area contributed by atoms with Crippen LogP contribution in [-0.4, -0.2) is 47.9 Å². The van der Waals surface area contributed by atoms with Crippen molar-refractivity contribution in [2.75, 3.05) is 20.1 Å². The lowest BCUT2D eigenvalue weighted by Gasteiger charge is -2.42. The van der Waals surface area contributed by atoms with Gasteiger partial charge in [-0.3, -0.25) is 9.69 Å². The van der Waals surface area contributed by atoms with Crippen LogP contribution in [0.3, 0.4) is 0 Å². The number of halogens is 2. The molecule has 19 heavy (non-hydrogen) atoms. The Labute approximate surface area is 124 Å². The molecule has 0 saturated carbocycles. The van der Waals surface area contributed by atoms with Gasteiger partial charge in [-0.2, -0.15) is 0 Å². The predicted molar refractivity (Wildman–Crippen MR) is 79.1 cm³/mol. The summed E-state index contributed by atoms with van der Waals surface area (Å²) in [4.78, 5) is 16.6. The molecule has 104 valence electrons. The molecule has 1 aliphatic rings. The zero-order valence-electron chi connectivity index (χ0n) is 11.4. The van der Waals surface area contributed by atoms with Gasteiger partial charge in [0.15, 0.2) is 0 Å². The lowest BCUT2D eigenvalue weighted by Crippen LogP contribution is -2.56. The van der Waals surface area contributed by atoms with E-state index < -0.39 is 0 Å². The molecular formula is C14H18Cl2N2O. The van der Waals surface area contributed by atoms with Crippen LogP contribution in [0.15, 0.2) is 18.2 Å². The lowest BCUT2D eigenvalue weighted by atomic mass is 10.1. The third-order valence-electron chi connectivity index (χ3n) is 3.81. The largest absolute Gasteiger partial charge is 0.336 e. The zero-order valence-corrected chi connectivity index (χ0v) is 12.9. The molecule has 1 fully saturated rings. The van der Waals surface area contributed by atoms with Crippen LogP contribution in [-0.2, 0) is 0 Å². The summed E-state index contributed by atoms with van der Waals surface area (Å²) in [5.74, 6) is 0.0189. The first-order chi connectivity index (χ1) is 8.90. The fourth-order valence-corrected chi connectivity index (χ4v) is 2.68. The minimum atomic E-state index is 0.0189. The van der Waals surface area contributed by atoms with Crippen LogP contribution in [0.25, 0.3) is 0 Å². The summed E-state index contributed by atoms with van der Waals surface area (Å²) in [6, 6.07) is 5.75. The van der Waals surface area contributed by atoms with Crippen LogP contribution in [0.5, 0.6) is 0 Å². The van der Waals surface area contributed by atoms with Crippen molar-refractivity contribution >= 4 is 29.1 Å². The van der Waals surface area contributed by atoms with E-state index in [9.17, 15) is 4.79 Å². The molecule has 1 amide bonds. The number of nitrogens with zero attached hydrogens (tertiary/aromatic N) is 2. The highest BCUT2D eigenvalue weighted by Gasteiger charge is 2.29. The second-order valence-corrected chi connectivity index (χ2v) is 6.02. The predicted octanol–water partition coefficient (Wildman–Crippen LogP) is 3.16. The molecule has 0 spiro atoms. The Bertz CT molecular complexity index is 480. The minimum absolute atomic E-state index is 0.0189. The van der Waals surface area contributed by atoms with Crippen LogP contribution in [0.4, 0.5) is 0 Å². The van der Waals surface area contributed by atoms with Gasteiger partial charge in [-0.25, -0.2) is 0 Å². The van der Waals surface area contributed by atoms with Crippen molar-refractivity contribution in [2.24, 2.45) is 0 Å². The number of likely N-dealkylation sites (N-methyl/N-ethyl adjacent to an activating group) is 1. The summed E-state index contributed by atoms with van der Waals surface area (Å²) in [5, 5.41) is 0.890. The van der Waals surface area contributed by atoms with Crippen molar-refractivity contribution in [3.05, 3.63) is 33.8 Å². The SMILES string of the molecule is CC1CN(C(=O)c2ccc(Cl)c(Cl)c2)CC(C)N1C. The third-order valence-corrected chi connectivity index (χ3v) is 4.55. The number of piperazine rings is 1. The van der Waals surface area contributed by atoms with Crippen molar-refractivity contribution in [2.45, 2.75) is 25.9 Å². The standard InChI is InChI=1S/C14H18Cl2N2O/c1-9-7-18(8-10(2)17(9)3)14(19)11-4-5-12(15)13(16)6-11/h4-6,9-10H,7-8H2,1-3H3. The number of amides is 1. The molecule has 1 saturated heterocycles. The molecule has 2 atom stereocenters. The topological polar surface area (TPSA) is 23.6 Å². The van der Waals surface area contributed by atoms with Gasteiger partial charge in [0, 0.05) is 30.7 Å². The maximum absolute atomic E-state index is 12.5. The molecule has 0 aliphatic carbocycles. The summed E-state index contributed by atoms with van der Waals surface area (Å²) in [6.07, 6.45) is 0. The molecule has 0 N–H and O–H groups in total. The molecule has 2 unspecified atom stereocenters. The van der Waals surface area contributed by atoms with E-state index in [1.807, 2.05) is 4.90 Å². The minimum Gasteiger partial charge on any atom is -0.336 e. The number of rotatable bonds is 1. The van der Waals surface area contributed by atoms with Crippen molar-refractivity contribution < 1.29 is 4.79 Å². The summed E-state index contributed by atoms with van der Waals surface area (Å²) < 4.78 is 0. The van der Waals surface area contributed by atoms with Crippen molar-refractivity contribution in [1.29, 1.82) is 0 Å². The van der Waals surface area contributed by atoms with Crippen LogP contribution in [0.1, 0.15) is 24.2 Å². The first-order valence-corrected chi connectivity index (χ1v) is 7.12. The second-order valence-electron chi connectivity index (χ2n) is 5.20. The van der Waals surface area contributed by atoms with E-state index >= 15 is 0 Å². The highest BCUT2D eigenvalue weighted by atomic mass is 35.5. The van der Waals surface area contributed by atoms with Crippen molar-refractivity contribution in [3.8, 4) is 0 Å². The number of carbonyl (C=O) groups is 1. The fourth-order valence-electron chi connectivity index (χ4n) is 2.38. The Hall–Kier alpha value is -0.770. The molecule has 1 aliphatic heterocycles. The van der Waals surface area contributed by atoms with E-state index in [0.717, 1.165) is 13.1 Å². The highest BCUT2D eigenvalue weighted by molar-refractivity contribution is 6.42. The van der Waals surface area contributed by atoms with Gasteiger partial charge in [0.2, 0.25) is 0 Å². The van der Waals surface area contributed by atoms with Crippen LogP contribution in [0.2, 0.25) is 10.0 Å². The molecule has 0 aromatic heterocycles. The van der Waals surface area contributed by atoms with Gasteiger partial charge >= 0.3 is 0 Å². The van der Waals surface area contributed by atoms with Gasteiger partial charge < -0.3 is 4.90 Å². The number of hydrogen-bond acceptors (Lipinski definition) is 2. The van der Waals surface area contributed by atoms with Crippen LogP contribution in [0, 0.1) is 0 Å². The van der Waals surface area contributed by atoms with Gasteiger partial charge in [-0.05, 0) is 39.1 Å². The van der Waals surface area contributed by atoms with E-state index in [2.05, 4.69) is 25.8 Å². The number of benzene rings is 1. The first-order valence-electron chi connectivity index (χ1n) is 6.36. The first kappa shape index (κ1) is 14.6. The zero-order chi connectivity index (χ0) is 14.2. The molecule has 0 radical (unpaired) electrons. The molecule has 3 nitrogen and oxygen atoms in total. The number of carbonyl (C=O) groups excluding carboxylic acids is 1. The van der Waals surface area contributed by atoms with E-state index in [4.69, 9.17) is 23.2 Å². The Morgan fingerprint density at radius 2 is 1.74 bits per heavy atom. The Balaban J connectivity index is 2.17. The fraction of sp³-hybridized carbons (Fsp3) is 0.500. The summed E-state index contributed by atoms with van der Waals surface area (Å²) in [5.41, 5.74) is 0.596. The Morgan fingerprint density at radius 1 is 1.16 bits per heavy atom. The maximum atomic E-state index is 12.5. The van der Waals surface area contributed by atoms with Crippen molar-refractivity contribution in [3.63, 3.8) is 0 Å². The summed E-state index contributed by atoms with van der Waals surface area (Å²) in [6.45, 7) is 5.73. The molecular weight excluding hydrogens is 283 g/mol. The van der Waals surface area contributed by atoms with Gasteiger partial charge in [-0.15, -0.1) is 0 Å². The van der Waals surface area contributed by atoms with Crippen molar-refractivity contribution in [1.82, 2.24) is 9.80 Å². The van der Waals surface area contributed by atoms with Crippen LogP contribution < -0.4 is 0 Å². The van der Waals surface area contributed by atoms with E-state index in [1.54, 1.807) is 18.2 Å². The van der Waals surface area contributed by atoms with E-state index in [-0.39, 0.29) is 5.91 Å². The average molecular weight is 301 g/mol. The molecule has 5 heteroatoms. The molecule has 0 bridgehead atoms. The summed E-state index contributed by atoms with van der Waals surface area (Å²) in [7, 11) is 2.09. The van der Waals surface area contributed by atoms with Gasteiger partial charge in [-0.1, -0.05) is 23.2 Å². The third kappa shape index (κ3) is 3.04. The quantitative estimate of drug-likeness (QED) is 0.795. The van der Waals surface area contributed by atoms with Crippen LogP contribution >= 0.6 is 23.2 Å². The average Bonchev–Trinajstić information content (AvgIpc) is 2.37. The number of hydrogen-bond donors (Lipinski definition) is 0. The maximum Gasteiger partial charge on any atom is 0.254 e. The monoisotopic (exact) mass is 300 g/mol. The van der Waals surface area contributed by atoms with E-state index in [0.29, 0.717) is 27.7 Å². The van der Waals surface area contributed by atoms with Gasteiger partial charge in [0.05, 0.1) is 10.0 Å². The Kier molecular flexibility index (Phi) is 4.39. The molecule has 1 aromatic carbocycles. The van der Waals surface area contributed by atoms with Gasteiger partial charge in [0.1, 0.15) is 0 Å². The van der Waals surface area contributed by atoms with E-state index in [1.165, 1.54) is 0 Å². The molecule has 1 heterocycles. The van der Waals surface area contributed by atoms with Gasteiger partial charge in [0.25, 0.3) is 5.91 Å². The summed E-state index contributed by atoms with van der Waals surface area (Å²) >= 11 is 11.8. The highest BCUT2D eigenvalue weighted by Crippen LogP contribution is 2.24. The normalized spacial score (nSPS) is 24.6.